The lowest BCUT2D eigenvalue weighted by Gasteiger charge is -2.25. The summed E-state index contributed by atoms with van der Waals surface area (Å²) >= 11 is 6.23. The van der Waals surface area contributed by atoms with Crippen LogP contribution in [0.1, 0.15) is 29.7 Å². The summed E-state index contributed by atoms with van der Waals surface area (Å²) in [6.07, 6.45) is 3.17. The van der Waals surface area contributed by atoms with Crippen molar-refractivity contribution in [1.82, 2.24) is 4.98 Å². The Morgan fingerprint density at radius 2 is 1.78 bits per heavy atom. The number of ketones is 1. The van der Waals surface area contributed by atoms with Crippen molar-refractivity contribution >= 4 is 40.7 Å². The van der Waals surface area contributed by atoms with Crippen LogP contribution in [0.5, 0.6) is 5.75 Å². The maximum Gasteiger partial charge on any atom is 0.310 e. The fourth-order valence-electron chi connectivity index (χ4n) is 4.08. The Balaban J connectivity index is 1.80. The maximum absolute atomic E-state index is 13.2. The van der Waals surface area contributed by atoms with Crippen LogP contribution < -0.4 is 9.64 Å². The summed E-state index contributed by atoms with van der Waals surface area (Å²) in [6.45, 7) is 2.02. The molecule has 1 atom stereocenters. The van der Waals surface area contributed by atoms with E-state index in [1.807, 2.05) is 0 Å². The van der Waals surface area contributed by atoms with Crippen LogP contribution in [-0.4, -0.2) is 41.5 Å². The fourth-order valence-corrected chi connectivity index (χ4v) is 4.34. The number of anilines is 1. The van der Waals surface area contributed by atoms with Gasteiger partial charge >= 0.3 is 5.97 Å². The number of Topliss-reactive ketones (excluding diaryl/α,β-unsaturated/α-hetero) is 1. The molecule has 1 N–H and O–H groups in total. The van der Waals surface area contributed by atoms with Gasteiger partial charge in [-0.2, -0.15) is 0 Å². The summed E-state index contributed by atoms with van der Waals surface area (Å²) in [5, 5.41) is 11.4. The summed E-state index contributed by atoms with van der Waals surface area (Å²) in [5.74, 6) is -1.95. The first kappa shape index (κ1) is 24.9. The van der Waals surface area contributed by atoms with E-state index in [-0.39, 0.29) is 40.9 Å². The molecule has 2 aromatic carbocycles. The summed E-state index contributed by atoms with van der Waals surface area (Å²) < 4.78 is 10.1. The average molecular weight is 507 g/mol. The molecule has 8 nitrogen and oxygen atoms in total. The van der Waals surface area contributed by atoms with Gasteiger partial charge in [0, 0.05) is 23.6 Å². The molecule has 0 radical (unpaired) electrons. The quantitative estimate of drug-likeness (QED) is 0.218. The number of ether oxygens (including phenoxy) is 2. The topological polar surface area (TPSA) is 106 Å². The first-order valence-corrected chi connectivity index (χ1v) is 11.5. The summed E-state index contributed by atoms with van der Waals surface area (Å²) in [6, 6.07) is 13.7. The predicted octanol–water partition coefficient (Wildman–Crippen LogP) is 4.48. The number of aliphatic hydroxyl groups is 1. The number of benzene rings is 2. The average Bonchev–Trinajstić information content (AvgIpc) is 3.15. The van der Waals surface area contributed by atoms with Crippen LogP contribution in [0.4, 0.5) is 5.69 Å². The number of hydrogen-bond acceptors (Lipinski definition) is 7. The van der Waals surface area contributed by atoms with Gasteiger partial charge in [-0.25, -0.2) is 0 Å². The Labute approximate surface area is 212 Å². The van der Waals surface area contributed by atoms with E-state index in [1.54, 1.807) is 67.8 Å². The summed E-state index contributed by atoms with van der Waals surface area (Å²) in [4.78, 5) is 43.6. The van der Waals surface area contributed by atoms with Gasteiger partial charge in [-0.05, 0) is 60.5 Å². The van der Waals surface area contributed by atoms with E-state index in [4.69, 9.17) is 21.1 Å². The lowest BCUT2D eigenvalue weighted by Crippen LogP contribution is -2.29. The molecule has 1 fully saturated rings. The zero-order valence-electron chi connectivity index (χ0n) is 19.6. The number of aliphatic hydroxyl groups excluding tert-OH is 1. The minimum absolute atomic E-state index is 0.0805. The molecular formula is C27H23ClN2O6. The Kier molecular flexibility index (Phi) is 7.36. The molecule has 3 aromatic rings. The third-order valence-electron chi connectivity index (χ3n) is 5.76. The molecule has 1 aliphatic heterocycles. The van der Waals surface area contributed by atoms with Gasteiger partial charge in [-0.1, -0.05) is 23.7 Å². The number of carbonyl (C=O) groups is 3. The SMILES string of the molecule is CCOC(=O)Cc1ccc(N2C(=O)C(=O)/C(=C(\O)c3ccc(OC)c(Cl)c3)C2c2ccncc2)cc1. The molecule has 9 heteroatoms. The van der Waals surface area contributed by atoms with Crippen molar-refractivity contribution in [3.05, 3.63) is 94.3 Å². The highest BCUT2D eigenvalue weighted by molar-refractivity contribution is 6.51. The number of esters is 1. The fraction of sp³-hybridized carbons (Fsp3) is 0.185. The van der Waals surface area contributed by atoms with E-state index in [1.165, 1.54) is 18.1 Å². The largest absolute Gasteiger partial charge is 0.507 e. The molecule has 1 amide bonds. The predicted molar refractivity (Wildman–Crippen MR) is 134 cm³/mol. The van der Waals surface area contributed by atoms with Crippen LogP contribution in [0, 0.1) is 0 Å². The third-order valence-corrected chi connectivity index (χ3v) is 6.06. The van der Waals surface area contributed by atoms with Crippen LogP contribution in [-0.2, 0) is 25.5 Å². The first-order chi connectivity index (χ1) is 17.3. The van der Waals surface area contributed by atoms with E-state index < -0.39 is 17.7 Å². The molecule has 0 spiro atoms. The van der Waals surface area contributed by atoms with E-state index in [9.17, 15) is 19.5 Å². The molecule has 0 aliphatic carbocycles. The van der Waals surface area contributed by atoms with Crippen LogP contribution >= 0.6 is 11.6 Å². The smallest absolute Gasteiger partial charge is 0.310 e. The Hall–Kier alpha value is -4.17. The van der Waals surface area contributed by atoms with Crippen LogP contribution in [0.25, 0.3) is 5.76 Å². The van der Waals surface area contributed by atoms with Gasteiger partial charge in [-0.15, -0.1) is 0 Å². The Bertz CT molecular complexity index is 1340. The van der Waals surface area contributed by atoms with Gasteiger partial charge in [0.25, 0.3) is 11.7 Å². The van der Waals surface area contributed by atoms with Crippen LogP contribution in [0.15, 0.2) is 72.6 Å². The number of hydrogen-bond donors (Lipinski definition) is 1. The summed E-state index contributed by atoms with van der Waals surface area (Å²) in [7, 11) is 1.47. The number of amides is 1. The van der Waals surface area contributed by atoms with Gasteiger partial charge in [0.1, 0.15) is 11.5 Å². The molecule has 184 valence electrons. The molecule has 0 bridgehead atoms. The summed E-state index contributed by atoms with van der Waals surface area (Å²) in [5.41, 5.74) is 1.90. The van der Waals surface area contributed by atoms with Crippen molar-refractivity contribution in [1.29, 1.82) is 0 Å². The molecule has 1 unspecified atom stereocenters. The highest BCUT2D eigenvalue weighted by Gasteiger charge is 2.47. The lowest BCUT2D eigenvalue weighted by atomic mass is 9.95. The zero-order chi connectivity index (χ0) is 25.8. The van der Waals surface area contributed by atoms with Gasteiger partial charge in [0.15, 0.2) is 0 Å². The molecule has 1 saturated heterocycles. The number of rotatable bonds is 7. The lowest BCUT2D eigenvalue weighted by molar-refractivity contribution is -0.142. The number of methoxy groups -OCH3 is 1. The second kappa shape index (κ2) is 10.6. The monoisotopic (exact) mass is 506 g/mol. The Morgan fingerprint density at radius 3 is 2.39 bits per heavy atom. The standard InChI is InChI=1S/C27H23ClN2O6/c1-3-36-22(31)14-16-4-7-19(8-5-16)30-24(17-10-12-29-13-11-17)23(26(33)27(30)34)25(32)18-6-9-21(35-2)20(28)15-18/h4-13,15,24,32H,3,14H2,1-2H3/b25-23-. The highest BCUT2D eigenvalue weighted by Crippen LogP contribution is 2.42. The van der Waals surface area contributed by atoms with E-state index in [0.717, 1.165) is 0 Å². The van der Waals surface area contributed by atoms with Crippen molar-refractivity contribution in [2.45, 2.75) is 19.4 Å². The normalized spacial score (nSPS) is 16.8. The zero-order valence-corrected chi connectivity index (χ0v) is 20.4. The molecule has 1 aliphatic rings. The van der Waals surface area contributed by atoms with E-state index in [2.05, 4.69) is 4.98 Å². The number of pyridine rings is 1. The molecule has 36 heavy (non-hydrogen) atoms. The Morgan fingerprint density at radius 1 is 1.08 bits per heavy atom. The first-order valence-electron chi connectivity index (χ1n) is 11.1. The molecule has 1 aromatic heterocycles. The molecule has 2 heterocycles. The minimum Gasteiger partial charge on any atom is -0.507 e. The van der Waals surface area contributed by atoms with Crippen molar-refractivity contribution < 1.29 is 29.0 Å². The van der Waals surface area contributed by atoms with E-state index >= 15 is 0 Å². The minimum atomic E-state index is -0.912. The second-order valence-electron chi connectivity index (χ2n) is 7.95. The van der Waals surface area contributed by atoms with E-state index in [0.29, 0.717) is 22.6 Å². The molecule has 0 saturated carbocycles. The van der Waals surface area contributed by atoms with Crippen molar-refractivity contribution in [3.8, 4) is 5.75 Å². The second-order valence-corrected chi connectivity index (χ2v) is 8.35. The maximum atomic E-state index is 13.2. The number of nitrogens with zero attached hydrogens (tertiary/aromatic N) is 2. The molecular weight excluding hydrogens is 484 g/mol. The van der Waals surface area contributed by atoms with Crippen molar-refractivity contribution in [3.63, 3.8) is 0 Å². The van der Waals surface area contributed by atoms with Gasteiger partial charge in [0.05, 0.1) is 36.8 Å². The third kappa shape index (κ3) is 4.81. The highest BCUT2D eigenvalue weighted by atomic mass is 35.5. The van der Waals surface area contributed by atoms with Crippen LogP contribution in [0.2, 0.25) is 5.02 Å². The molecule has 4 rings (SSSR count). The van der Waals surface area contributed by atoms with Gasteiger partial charge < -0.3 is 14.6 Å². The number of halogens is 1. The van der Waals surface area contributed by atoms with Crippen molar-refractivity contribution in [2.75, 3.05) is 18.6 Å². The number of carbonyl (C=O) groups excluding carboxylic acids is 3. The van der Waals surface area contributed by atoms with Crippen molar-refractivity contribution in [2.24, 2.45) is 0 Å². The number of aromatic nitrogens is 1. The van der Waals surface area contributed by atoms with Gasteiger partial charge in [-0.3, -0.25) is 24.3 Å². The van der Waals surface area contributed by atoms with Crippen LogP contribution in [0.3, 0.4) is 0 Å². The van der Waals surface area contributed by atoms with Gasteiger partial charge in [0.2, 0.25) is 0 Å².